The number of nitrogens with zero attached hydrogens (tertiary/aromatic N) is 3. The summed E-state index contributed by atoms with van der Waals surface area (Å²) in [5.74, 6) is 1.42. The molecule has 1 aromatic heterocycles. The molecule has 1 aliphatic heterocycles. The summed E-state index contributed by atoms with van der Waals surface area (Å²) in [6.45, 7) is 3.88. The number of aryl methyl sites for hydroxylation is 1. The molecule has 0 fully saturated rings. The summed E-state index contributed by atoms with van der Waals surface area (Å²) in [7, 11) is 1.61. The number of allylic oxidation sites excluding steroid dienone is 1. The van der Waals surface area contributed by atoms with E-state index in [4.69, 9.17) is 25.8 Å². The minimum Gasteiger partial charge on any atom is -0.497 e. The van der Waals surface area contributed by atoms with Gasteiger partial charge in [-0.05, 0) is 55.8 Å². The first-order valence-corrected chi connectivity index (χ1v) is 11.4. The smallest absolute Gasteiger partial charge is 0.326 e. The fraction of sp³-hybridized carbons (Fsp3) is 0.148. The number of amides is 2. The normalized spacial score (nSPS) is 15.8. The van der Waals surface area contributed by atoms with Crippen LogP contribution in [0.1, 0.15) is 30.0 Å². The lowest BCUT2D eigenvalue weighted by Crippen LogP contribution is -2.46. The van der Waals surface area contributed by atoms with E-state index in [-0.39, 0.29) is 6.03 Å². The lowest BCUT2D eigenvalue weighted by atomic mass is 9.94. The predicted octanol–water partition coefficient (Wildman–Crippen LogP) is 6.41. The Hall–Kier alpha value is -4.10. The number of nitrogens with one attached hydrogen (secondary N) is 1. The molecule has 0 radical (unpaired) electrons. The summed E-state index contributed by atoms with van der Waals surface area (Å²) >= 11 is 6.28. The molecule has 1 aliphatic rings. The minimum atomic E-state index is -0.526. The SMILES string of the molecule is COc1cccc(-c2noc(C3=C(C)N(c4ccc(C)cc4)C(=O)NC3c3cccc(Cl)c3)n2)c1. The van der Waals surface area contributed by atoms with E-state index in [0.717, 1.165) is 22.4 Å². The third kappa shape index (κ3) is 4.38. The molecule has 4 aromatic rings. The van der Waals surface area contributed by atoms with Crippen LogP contribution in [0.5, 0.6) is 5.75 Å². The van der Waals surface area contributed by atoms with Gasteiger partial charge in [0.1, 0.15) is 5.75 Å². The number of carbonyl (C=O) groups is 1. The van der Waals surface area contributed by atoms with Gasteiger partial charge in [-0.3, -0.25) is 4.90 Å². The van der Waals surface area contributed by atoms with E-state index < -0.39 is 6.04 Å². The van der Waals surface area contributed by atoms with Crippen molar-refractivity contribution in [2.24, 2.45) is 0 Å². The number of benzene rings is 3. The Labute approximate surface area is 208 Å². The molecule has 2 amide bonds. The molecule has 0 saturated carbocycles. The fourth-order valence-corrected chi connectivity index (χ4v) is 4.37. The first kappa shape index (κ1) is 22.7. The molecule has 0 saturated heterocycles. The predicted molar refractivity (Wildman–Crippen MR) is 135 cm³/mol. The van der Waals surface area contributed by atoms with E-state index in [2.05, 4.69) is 10.5 Å². The van der Waals surface area contributed by atoms with E-state index in [1.54, 1.807) is 18.1 Å². The largest absolute Gasteiger partial charge is 0.497 e. The quantitative estimate of drug-likeness (QED) is 0.352. The Morgan fingerprint density at radius 2 is 1.80 bits per heavy atom. The van der Waals surface area contributed by atoms with Crippen LogP contribution in [0.2, 0.25) is 5.02 Å². The molecule has 0 bridgehead atoms. The van der Waals surface area contributed by atoms with Crippen LogP contribution >= 0.6 is 11.6 Å². The first-order chi connectivity index (χ1) is 16.9. The molecule has 1 unspecified atom stereocenters. The number of halogens is 1. The molecule has 1 atom stereocenters. The van der Waals surface area contributed by atoms with Crippen molar-refractivity contribution in [2.75, 3.05) is 12.0 Å². The Balaban J connectivity index is 1.65. The molecule has 8 heteroatoms. The molecule has 5 rings (SSSR count). The number of ether oxygens (including phenoxy) is 1. The van der Waals surface area contributed by atoms with Crippen molar-refractivity contribution in [3.05, 3.63) is 101 Å². The van der Waals surface area contributed by atoms with Gasteiger partial charge in [0, 0.05) is 16.3 Å². The van der Waals surface area contributed by atoms with Crippen LogP contribution in [0, 0.1) is 6.92 Å². The number of urea groups is 1. The lowest BCUT2D eigenvalue weighted by molar-refractivity contribution is 0.244. The van der Waals surface area contributed by atoms with Crippen molar-refractivity contribution < 1.29 is 14.1 Å². The minimum absolute atomic E-state index is 0.257. The maximum atomic E-state index is 13.3. The van der Waals surface area contributed by atoms with Crippen LogP contribution in [0.25, 0.3) is 17.0 Å². The maximum Gasteiger partial charge on any atom is 0.326 e. The number of hydrogen-bond acceptors (Lipinski definition) is 5. The molecule has 2 heterocycles. The number of anilines is 1. The first-order valence-electron chi connectivity index (χ1n) is 11.1. The highest BCUT2D eigenvalue weighted by Gasteiger charge is 2.36. The van der Waals surface area contributed by atoms with Crippen molar-refractivity contribution in [1.29, 1.82) is 0 Å². The second-order valence-corrected chi connectivity index (χ2v) is 8.70. The van der Waals surface area contributed by atoms with E-state index >= 15 is 0 Å². The highest BCUT2D eigenvalue weighted by atomic mass is 35.5. The summed E-state index contributed by atoms with van der Waals surface area (Å²) in [6.07, 6.45) is 0. The summed E-state index contributed by atoms with van der Waals surface area (Å²) < 4.78 is 11.1. The van der Waals surface area contributed by atoms with Gasteiger partial charge in [-0.1, -0.05) is 58.7 Å². The fourth-order valence-electron chi connectivity index (χ4n) is 4.17. The number of hydrogen-bond donors (Lipinski definition) is 1. The van der Waals surface area contributed by atoms with Gasteiger partial charge in [-0.2, -0.15) is 4.98 Å². The standard InChI is InChI=1S/C27H23ClN4O3/c1-16-10-12-21(13-11-16)32-17(2)23(24(29-27(32)33)18-6-4-8-20(28)14-18)26-30-25(31-35-26)19-7-5-9-22(15-19)34-3/h4-15,24H,1-3H3,(H,29,33). The van der Waals surface area contributed by atoms with Gasteiger partial charge >= 0.3 is 6.03 Å². The highest BCUT2D eigenvalue weighted by Crippen LogP contribution is 2.39. The Morgan fingerprint density at radius 1 is 1.03 bits per heavy atom. The maximum absolute atomic E-state index is 13.3. The average molecular weight is 487 g/mol. The van der Waals surface area contributed by atoms with E-state index in [0.29, 0.717) is 33.8 Å². The van der Waals surface area contributed by atoms with Gasteiger partial charge in [-0.25, -0.2) is 4.79 Å². The Kier molecular flexibility index (Phi) is 6.01. The Morgan fingerprint density at radius 3 is 2.54 bits per heavy atom. The van der Waals surface area contributed by atoms with Gasteiger partial charge in [0.2, 0.25) is 5.82 Å². The molecule has 0 aliphatic carbocycles. The van der Waals surface area contributed by atoms with E-state index in [1.165, 1.54) is 0 Å². The number of rotatable bonds is 5. The summed E-state index contributed by atoms with van der Waals surface area (Å²) in [5, 5.41) is 7.87. The van der Waals surface area contributed by atoms with Gasteiger partial charge in [-0.15, -0.1) is 0 Å². The van der Waals surface area contributed by atoms with Gasteiger partial charge in [0.05, 0.1) is 24.4 Å². The molecular weight excluding hydrogens is 464 g/mol. The van der Waals surface area contributed by atoms with E-state index in [9.17, 15) is 4.79 Å². The van der Waals surface area contributed by atoms with Gasteiger partial charge in [0.15, 0.2) is 0 Å². The second kappa shape index (κ2) is 9.27. The lowest BCUT2D eigenvalue weighted by Gasteiger charge is -2.35. The molecule has 35 heavy (non-hydrogen) atoms. The number of methoxy groups -OCH3 is 1. The zero-order chi connectivity index (χ0) is 24.5. The summed E-state index contributed by atoms with van der Waals surface area (Å²) in [4.78, 5) is 19.6. The third-order valence-electron chi connectivity index (χ3n) is 5.94. The zero-order valence-electron chi connectivity index (χ0n) is 19.4. The topological polar surface area (TPSA) is 80.5 Å². The highest BCUT2D eigenvalue weighted by molar-refractivity contribution is 6.30. The molecule has 176 valence electrons. The molecule has 7 nitrogen and oxygen atoms in total. The molecule has 1 N–H and O–H groups in total. The monoisotopic (exact) mass is 486 g/mol. The number of aromatic nitrogens is 2. The van der Waals surface area contributed by atoms with Crippen molar-refractivity contribution in [1.82, 2.24) is 15.5 Å². The second-order valence-electron chi connectivity index (χ2n) is 8.26. The van der Waals surface area contributed by atoms with Crippen molar-refractivity contribution in [2.45, 2.75) is 19.9 Å². The molecular formula is C27H23ClN4O3. The Bertz CT molecular complexity index is 1430. The molecule has 0 spiro atoms. The van der Waals surface area contributed by atoms with Crippen molar-refractivity contribution in [3.63, 3.8) is 0 Å². The van der Waals surface area contributed by atoms with Crippen LogP contribution in [-0.2, 0) is 0 Å². The summed E-state index contributed by atoms with van der Waals surface area (Å²) in [5.41, 5.74) is 4.78. The van der Waals surface area contributed by atoms with Crippen LogP contribution in [0.4, 0.5) is 10.5 Å². The van der Waals surface area contributed by atoms with Crippen LogP contribution < -0.4 is 15.0 Å². The van der Waals surface area contributed by atoms with Gasteiger partial charge in [0.25, 0.3) is 5.89 Å². The zero-order valence-corrected chi connectivity index (χ0v) is 20.2. The van der Waals surface area contributed by atoms with E-state index in [1.807, 2.05) is 80.6 Å². The summed E-state index contributed by atoms with van der Waals surface area (Å²) in [6, 6.07) is 21.8. The van der Waals surface area contributed by atoms with Crippen LogP contribution in [0.3, 0.4) is 0 Å². The van der Waals surface area contributed by atoms with Crippen molar-refractivity contribution in [3.8, 4) is 17.1 Å². The van der Waals surface area contributed by atoms with Gasteiger partial charge < -0.3 is 14.6 Å². The third-order valence-corrected chi connectivity index (χ3v) is 6.18. The van der Waals surface area contributed by atoms with Crippen molar-refractivity contribution >= 4 is 28.9 Å². The number of carbonyl (C=O) groups excluding carboxylic acids is 1. The van der Waals surface area contributed by atoms with Crippen LogP contribution in [0.15, 0.2) is 83.0 Å². The average Bonchev–Trinajstić information content (AvgIpc) is 3.35. The molecule has 3 aromatic carbocycles. The van der Waals surface area contributed by atoms with Crippen LogP contribution in [-0.4, -0.2) is 23.3 Å².